The number of nitrogens with one attached hydrogen (secondary N) is 1. The van der Waals surface area contributed by atoms with Gasteiger partial charge in [0.2, 0.25) is 0 Å². The number of nitrogens with zero attached hydrogens (tertiary/aromatic N) is 2. The molecule has 2 aliphatic rings. The number of rotatable bonds is 6. The highest BCUT2D eigenvalue weighted by atomic mass is 32.1. The lowest BCUT2D eigenvalue weighted by Crippen LogP contribution is -2.54. The first-order chi connectivity index (χ1) is 14.4. The molecule has 0 spiro atoms. The van der Waals surface area contributed by atoms with E-state index in [1.54, 1.807) is 37.4 Å². The van der Waals surface area contributed by atoms with Gasteiger partial charge in [0.25, 0.3) is 11.8 Å². The summed E-state index contributed by atoms with van der Waals surface area (Å²) in [6, 6.07) is 6.92. The lowest BCUT2D eigenvalue weighted by atomic mass is 9.97. The van der Waals surface area contributed by atoms with Crippen molar-refractivity contribution >= 4 is 40.8 Å². The maximum atomic E-state index is 13.1. The average molecular weight is 432 g/mol. The highest BCUT2D eigenvalue weighted by Gasteiger charge is 2.35. The molecule has 2 amide bonds. The molecule has 1 aromatic rings. The number of hydrogen-bond donors (Lipinski definition) is 1. The van der Waals surface area contributed by atoms with E-state index in [4.69, 9.17) is 21.7 Å². The Morgan fingerprint density at radius 2 is 1.83 bits per heavy atom. The molecule has 0 atom stereocenters. The number of carbonyl (C=O) groups is 3. The standard InChI is InChI=1S/C21H25N3O5S/c1-3-28-16-7-5-15(6-8-16)24-19(26)17(18(25)22-21(24)30)13-23-11-9-14(10-12-23)20(27)29-4-2/h5-8,13-14H,3-4,9-12H2,1-2H3,(H,22,25,30)/b17-13-. The molecule has 2 saturated heterocycles. The monoisotopic (exact) mass is 431 g/mol. The third kappa shape index (κ3) is 4.79. The third-order valence-corrected chi connectivity index (χ3v) is 5.25. The van der Waals surface area contributed by atoms with Crippen LogP contribution in [0.15, 0.2) is 36.0 Å². The number of anilines is 1. The number of carbonyl (C=O) groups excluding carboxylic acids is 3. The van der Waals surface area contributed by atoms with Crippen molar-refractivity contribution in [3.63, 3.8) is 0 Å². The Morgan fingerprint density at radius 1 is 1.17 bits per heavy atom. The molecule has 1 N–H and O–H groups in total. The maximum absolute atomic E-state index is 13.1. The van der Waals surface area contributed by atoms with E-state index >= 15 is 0 Å². The quantitative estimate of drug-likeness (QED) is 0.319. The molecule has 9 heteroatoms. The molecule has 1 aromatic carbocycles. The first kappa shape index (κ1) is 21.8. The van der Waals surface area contributed by atoms with Crippen molar-refractivity contribution in [2.45, 2.75) is 26.7 Å². The van der Waals surface area contributed by atoms with Gasteiger partial charge in [0, 0.05) is 19.3 Å². The number of piperidine rings is 1. The summed E-state index contributed by atoms with van der Waals surface area (Å²) >= 11 is 5.22. The number of thiocarbonyl (C=S) groups is 1. The van der Waals surface area contributed by atoms with Crippen molar-refractivity contribution in [3.8, 4) is 5.75 Å². The first-order valence-electron chi connectivity index (χ1n) is 9.99. The Hall–Kier alpha value is -2.94. The number of esters is 1. The van der Waals surface area contributed by atoms with E-state index in [0.29, 0.717) is 50.6 Å². The summed E-state index contributed by atoms with van der Waals surface area (Å²) < 4.78 is 10.5. The minimum Gasteiger partial charge on any atom is -0.494 e. The van der Waals surface area contributed by atoms with Crippen LogP contribution in [-0.4, -0.2) is 54.1 Å². The van der Waals surface area contributed by atoms with Crippen LogP contribution in [0, 0.1) is 5.92 Å². The molecule has 0 saturated carbocycles. The molecule has 0 radical (unpaired) electrons. The van der Waals surface area contributed by atoms with Crippen LogP contribution in [0.2, 0.25) is 0 Å². The van der Waals surface area contributed by atoms with Gasteiger partial charge in [0.1, 0.15) is 11.3 Å². The van der Waals surface area contributed by atoms with Gasteiger partial charge in [-0.3, -0.25) is 24.6 Å². The van der Waals surface area contributed by atoms with Crippen molar-refractivity contribution in [2.24, 2.45) is 5.92 Å². The topological polar surface area (TPSA) is 88.2 Å². The van der Waals surface area contributed by atoms with Crippen molar-refractivity contribution in [1.82, 2.24) is 10.2 Å². The number of hydrogen-bond acceptors (Lipinski definition) is 7. The van der Waals surface area contributed by atoms with E-state index < -0.39 is 11.8 Å². The second kappa shape index (κ2) is 9.71. The normalized spacial score (nSPS) is 19.1. The molecule has 2 heterocycles. The van der Waals surface area contributed by atoms with Crippen LogP contribution in [0.3, 0.4) is 0 Å². The van der Waals surface area contributed by atoms with Crippen LogP contribution in [-0.2, 0) is 19.1 Å². The Kier molecular flexibility index (Phi) is 7.04. The van der Waals surface area contributed by atoms with Gasteiger partial charge >= 0.3 is 5.97 Å². The van der Waals surface area contributed by atoms with Gasteiger partial charge in [-0.2, -0.15) is 0 Å². The maximum Gasteiger partial charge on any atom is 0.309 e. The Morgan fingerprint density at radius 3 is 2.43 bits per heavy atom. The lowest BCUT2D eigenvalue weighted by molar-refractivity contribution is -0.149. The zero-order chi connectivity index (χ0) is 21.7. The molecular weight excluding hydrogens is 406 g/mol. The summed E-state index contributed by atoms with van der Waals surface area (Å²) in [6.45, 7) is 5.68. The largest absolute Gasteiger partial charge is 0.494 e. The van der Waals surface area contributed by atoms with Gasteiger partial charge in [-0.15, -0.1) is 0 Å². The van der Waals surface area contributed by atoms with Gasteiger partial charge in [-0.05, 0) is 63.2 Å². The fourth-order valence-corrected chi connectivity index (χ4v) is 3.72. The number of amides is 2. The van der Waals surface area contributed by atoms with E-state index in [2.05, 4.69) is 5.32 Å². The molecule has 30 heavy (non-hydrogen) atoms. The van der Waals surface area contributed by atoms with Crippen molar-refractivity contribution < 1.29 is 23.9 Å². The van der Waals surface area contributed by atoms with Gasteiger partial charge in [-0.25, -0.2) is 0 Å². The third-order valence-electron chi connectivity index (χ3n) is 4.97. The predicted molar refractivity (Wildman–Crippen MR) is 115 cm³/mol. The van der Waals surface area contributed by atoms with Crippen LogP contribution in [0.4, 0.5) is 5.69 Å². The predicted octanol–water partition coefficient (Wildman–Crippen LogP) is 1.99. The minimum absolute atomic E-state index is 0.00655. The zero-order valence-electron chi connectivity index (χ0n) is 17.1. The van der Waals surface area contributed by atoms with Crippen LogP contribution in [0.1, 0.15) is 26.7 Å². The van der Waals surface area contributed by atoms with Gasteiger partial charge < -0.3 is 14.4 Å². The van der Waals surface area contributed by atoms with E-state index in [9.17, 15) is 14.4 Å². The van der Waals surface area contributed by atoms with E-state index in [0.717, 1.165) is 0 Å². The molecule has 0 bridgehead atoms. The minimum atomic E-state index is -0.528. The summed E-state index contributed by atoms with van der Waals surface area (Å²) in [5.41, 5.74) is 0.549. The fourth-order valence-electron chi connectivity index (χ4n) is 3.44. The van der Waals surface area contributed by atoms with Crippen LogP contribution < -0.4 is 15.0 Å². The molecule has 2 fully saturated rings. The van der Waals surface area contributed by atoms with Gasteiger partial charge in [-0.1, -0.05) is 0 Å². The number of likely N-dealkylation sites (tertiary alicyclic amines) is 1. The molecule has 8 nitrogen and oxygen atoms in total. The molecule has 160 valence electrons. The lowest BCUT2D eigenvalue weighted by Gasteiger charge is -2.33. The Balaban J connectivity index is 1.73. The highest BCUT2D eigenvalue weighted by molar-refractivity contribution is 7.80. The van der Waals surface area contributed by atoms with E-state index in [1.165, 1.54) is 4.90 Å². The smallest absolute Gasteiger partial charge is 0.309 e. The first-order valence-corrected chi connectivity index (χ1v) is 10.4. The molecule has 2 aliphatic heterocycles. The van der Waals surface area contributed by atoms with Crippen molar-refractivity contribution in [2.75, 3.05) is 31.2 Å². The molecule has 0 unspecified atom stereocenters. The molecule has 0 aromatic heterocycles. The van der Waals surface area contributed by atoms with Crippen LogP contribution in [0.25, 0.3) is 0 Å². The molecular formula is C21H25N3O5S. The highest BCUT2D eigenvalue weighted by Crippen LogP contribution is 2.25. The number of ether oxygens (including phenoxy) is 2. The average Bonchev–Trinajstić information content (AvgIpc) is 2.73. The molecule has 3 rings (SSSR count). The van der Waals surface area contributed by atoms with Gasteiger partial charge in [0.15, 0.2) is 5.11 Å². The summed E-state index contributed by atoms with van der Waals surface area (Å²) in [5.74, 6) is -0.673. The summed E-state index contributed by atoms with van der Waals surface area (Å²) in [5, 5.41) is 2.61. The summed E-state index contributed by atoms with van der Waals surface area (Å²) in [7, 11) is 0. The zero-order valence-corrected chi connectivity index (χ0v) is 17.9. The van der Waals surface area contributed by atoms with E-state index in [-0.39, 0.29) is 22.6 Å². The van der Waals surface area contributed by atoms with Crippen LogP contribution >= 0.6 is 12.2 Å². The summed E-state index contributed by atoms with van der Waals surface area (Å²) in [6.07, 6.45) is 2.78. The van der Waals surface area contributed by atoms with Crippen molar-refractivity contribution in [1.29, 1.82) is 0 Å². The van der Waals surface area contributed by atoms with Crippen molar-refractivity contribution in [3.05, 3.63) is 36.0 Å². The van der Waals surface area contributed by atoms with Gasteiger partial charge in [0.05, 0.1) is 24.8 Å². The SMILES string of the molecule is CCOC(=O)C1CCN(/C=C2/C(=O)NC(=S)N(c3ccc(OCC)cc3)C2=O)CC1. The molecule has 0 aliphatic carbocycles. The fraction of sp³-hybridized carbons (Fsp3) is 0.429. The Bertz CT molecular complexity index is 860. The summed E-state index contributed by atoms with van der Waals surface area (Å²) in [4.78, 5) is 40.6. The number of benzene rings is 1. The van der Waals surface area contributed by atoms with E-state index in [1.807, 2.05) is 11.8 Å². The second-order valence-corrected chi connectivity index (χ2v) is 7.32. The second-order valence-electron chi connectivity index (χ2n) is 6.93. The van der Waals surface area contributed by atoms with Crippen LogP contribution in [0.5, 0.6) is 5.75 Å². The Labute approximate surface area is 180 Å².